The molecule has 4 rings (SSSR count). The lowest BCUT2D eigenvalue weighted by atomic mass is 9.98. The van der Waals surface area contributed by atoms with Crippen LogP contribution in [0.2, 0.25) is 10.0 Å². The van der Waals surface area contributed by atoms with Gasteiger partial charge in [-0.15, -0.1) is 11.3 Å². The Labute approximate surface area is 169 Å². The average molecular weight is 416 g/mol. The lowest BCUT2D eigenvalue weighted by molar-refractivity contribution is -0.736. The first-order chi connectivity index (χ1) is 13.1. The van der Waals surface area contributed by atoms with Crippen molar-refractivity contribution in [3.05, 3.63) is 63.2 Å². The summed E-state index contributed by atoms with van der Waals surface area (Å²) in [6.45, 7) is 0. The zero-order valence-corrected chi connectivity index (χ0v) is 16.1. The van der Waals surface area contributed by atoms with Crippen LogP contribution in [0.25, 0.3) is 27.3 Å². The van der Waals surface area contributed by atoms with Gasteiger partial charge in [0.05, 0.1) is 21.5 Å². The van der Waals surface area contributed by atoms with Gasteiger partial charge in [0.15, 0.2) is 0 Å². The van der Waals surface area contributed by atoms with Crippen molar-refractivity contribution >= 4 is 46.1 Å². The number of quaternary nitrogens is 1. The first-order valence-corrected chi connectivity index (χ1v) is 9.44. The molecule has 1 aliphatic rings. The van der Waals surface area contributed by atoms with Crippen molar-refractivity contribution in [3.8, 4) is 27.6 Å². The number of nitrogens with two attached hydrogens (primary N) is 2. The predicted molar refractivity (Wildman–Crippen MR) is 108 cm³/mol. The smallest absolute Gasteiger partial charge is 0.126 e. The Bertz CT molecular complexity index is 1120. The molecule has 0 amide bonds. The second-order valence-electron chi connectivity index (χ2n) is 5.73. The molecule has 6 N–H and O–H groups in total. The van der Waals surface area contributed by atoms with Crippen LogP contribution in [-0.2, 0) is 0 Å². The van der Waals surface area contributed by atoms with Gasteiger partial charge in [-0.2, -0.15) is 10.8 Å². The Morgan fingerprint density at radius 2 is 2.04 bits per heavy atom. The maximum absolute atomic E-state index is 9.97. The zero-order valence-electron chi connectivity index (χ0n) is 13.8. The van der Waals surface area contributed by atoms with Crippen LogP contribution >= 0.6 is 34.5 Å². The van der Waals surface area contributed by atoms with Crippen molar-refractivity contribution in [2.75, 3.05) is 5.73 Å². The largest absolute Gasteiger partial charge is 0.384 e. The van der Waals surface area contributed by atoms with Crippen LogP contribution in [0.4, 0.5) is 5.82 Å². The molecule has 3 aromatic rings. The fourth-order valence-electron chi connectivity index (χ4n) is 2.89. The number of thiophene rings is 1. The number of rotatable bonds is 3. The first kappa shape index (κ1) is 17.6. The second kappa shape index (κ2) is 7.10. The summed E-state index contributed by atoms with van der Waals surface area (Å²) < 4.78 is 0. The van der Waals surface area contributed by atoms with Gasteiger partial charge < -0.3 is 5.73 Å². The van der Waals surface area contributed by atoms with Crippen LogP contribution in [0.15, 0.2) is 42.7 Å². The van der Waals surface area contributed by atoms with Gasteiger partial charge in [0.2, 0.25) is 0 Å². The molecular formula is C18H13Cl2N6S+. The molecule has 3 heterocycles. The second-order valence-corrected chi connectivity index (χ2v) is 7.59. The van der Waals surface area contributed by atoms with Gasteiger partial charge >= 0.3 is 0 Å². The highest BCUT2D eigenvalue weighted by Crippen LogP contribution is 2.46. The molecule has 1 aliphatic heterocycles. The van der Waals surface area contributed by atoms with E-state index in [1.807, 2.05) is 18.3 Å². The van der Waals surface area contributed by atoms with Crippen LogP contribution in [0, 0.1) is 11.3 Å². The standard InChI is InChI=1S/C18H12Cl2N6S/c19-10-1-2-11(13(20)6-10)16-12(7-21)17(9-3-4-23-15(22)5-9)27-18(16)14-8-24-26-25-14/h1-6,8,24-26H,(H2,22,23)/p+1. The molecule has 0 aliphatic carbocycles. The number of hydrogen-bond acceptors (Lipinski definition) is 6. The molecule has 27 heavy (non-hydrogen) atoms. The molecule has 0 spiro atoms. The fraction of sp³-hybridized carbons (Fsp3) is 0. The van der Waals surface area contributed by atoms with Gasteiger partial charge in [0, 0.05) is 27.4 Å². The Morgan fingerprint density at radius 3 is 2.70 bits per heavy atom. The highest BCUT2D eigenvalue weighted by atomic mass is 35.5. The molecule has 0 saturated heterocycles. The Hall–Kier alpha value is -2.76. The molecule has 1 aromatic carbocycles. The third-order valence-corrected chi connectivity index (χ3v) is 5.87. The number of benzene rings is 1. The van der Waals surface area contributed by atoms with Gasteiger partial charge in [-0.3, -0.25) is 0 Å². The predicted octanol–water partition coefficient (Wildman–Crippen LogP) is 3.12. The van der Waals surface area contributed by atoms with Crippen LogP contribution in [0.3, 0.4) is 0 Å². The number of nitriles is 1. The maximum Gasteiger partial charge on any atom is 0.126 e. The Balaban J connectivity index is 2.02. The number of anilines is 1. The van der Waals surface area contributed by atoms with Crippen molar-refractivity contribution in [2.45, 2.75) is 0 Å². The first-order valence-electron chi connectivity index (χ1n) is 7.87. The van der Waals surface area contributed by atoms with Crippen molar-refractivity contribution < 1.29 is 5.53 Å². The quantitative estimate of drug-likeness (QED) is 0.492. The summed E-state index contributed by atoms with van der Waals surface area (Å²) >= 11 is 14.0. The van der Waals surface area contributed by atoms with Crippen molar-refractivity contribution in [3.63, 3.8) is 0 Å². The van der Waals surface area contributed by atoms with E-state index in [0.717, 1.165) is 32.1 Å². The van der Waals surface area contributed by atoms with E-state index in [9.17, 15) is 5.26 Å². The molecule has 0 radical (unpaired) electrons. The average Bonchev–Trinajstić information content (AvgIpc) is 3.29. The minimum absolute atomic E-state index is 0.394. The minimum atomic E-state index is 0.394. The number of hydrogen-bond donors (Lipinski definition) is 4. The van der Waals surface area contributed by atoms with E-state index in [4.69, 9.17) is 28.9 Å². The minimum Gasteiger partial charge on any atom is -0.384 e. The van der Waals surface area contributed by atoms with Gasteiger partial charge in [-0.25, -0.2) is 15.8 Å². The summed E-state index contributed by atoms with van der Waals surface area (Å²) in [6.07, 6.45) is 3.47. The van der Waals surface area contributed by atoms with Gasteiger partial charge in [-0.05, 0) is 29.8 Å². The number of nitrogens with zero attached hydrogens (tertiary/aromatic N) is 2. The summed E-state index contributed by atoms with van der Waals surface area (Å²) in [6, 6.07) is 11.2. The molecule has 6 nitrogen and oxygen atoms in total. The van der Waals surface area contributed by atoms with Crippen LogP contribution in [-0.4, -0.2) is 4.98 Å². The molecule has 134 valence electrons. The highest BCUT2D eigenvalue weighted by molar-refractivity contribution is 7.17. The van der Waals surface area contributed by atoms with Crippen molar-refractivity contribution in [2.24, 2.45) is 0 Å². The van der Waals surface area contributed by atoms with E-state index in [1.54, 1.807) is 29.9 Å². The molecule has 2 aromatic heterocycles. The molecule has 0 bridgehead atoms. The Kier molecular flexibility index (Phi) is 4.64. The zero-order chi connectivity index (χ0) is 19.0. The number of halogens is 2. The van der Waals surface area contributed by atoms with Gasteiger partial charge in [0.1, 0.15) is 17.6 Å². The molecule has 9 heteroatoms. The van der Waals surface area contributed by atoms with Crippen molar-refractivity contribution in [1.29, 1.82) is 5.26 Å². The van der Waals surface area contributed by atoms with E-state index in [-0.39, 0.29) is 0 Å². The molecule has 0 unspecified atom stereocenters. The monoisotopic (exact) mass is 415 g/mol. The highest BCUT2D eigenvalue weighted by Gasteiger charge is 2.26. The summed E-state index contributed by atoms with van der Waals surface area (Å²) in [4.78, 5) is 5.73. The number of nitrogens with one attached hydrogen (secondary N) is 2. The third-order valence-electron chi connectivity index (χ3n) is 4.05. The summed E-state index contributed by atoms with van der Waals surface area (Å²) in [7, 11) is 0. The van der Waals surface area contributed by atoms with Crippen LogP contribution in [0.1, 0.15) is 10.4 Å². The summed E-state index contributed by atoms with van der Waals surface area (Å²) in [5, 5.41) is 11.0. The number of aromatic nitrogens is 1. The Morgan fingerprint density at radius 1 is 1.19 bits per heavy atom. The van der Waals surface area contributed by atoms with E-state index in [1.165, 1.54) is 11.3 Å². The summed E-state index contributed by atoms with van der Waals surface area (Å²) in [5.74, 6) is 0.394. The van der Waals surface area contributed by atoms with E-state index in [2.05, 4.69) is 21.9 Å². The molecule has 0 atom stereocenters. The number of pyridine rings is 1. The van der Waals surface area contributed by atoms with Crippen LogP contribution in [0.5, 0.6) is 0 Å². The molecule has 0 saturated carbocycles. The van der Waals surface area contributed by atoms with Crippen LogP contribution < -0.4 is 22.1 Å². The lowest BCUT2D eigenvalue weighted by Gasteiger charge is -2.08. The lowest BCUT2D eigenvalue weighted by Crippen LogP contribution is -2.96. The number of nitrogen functional groups attached to an aromatic ring is 1. The third kappa shape index (κ3) is 3.20. The molecule has 0 fully saturated rings. The van der Waals surface area contributed by atoms with E-state index < -0.39 is 0 Å². The SMILES string of the molecule is N#Cc1c(-c2ccnc(N)c2)sc(C2=CN[NH2+]N2)c1-c1ccc(Cl)cc1Cl. The normalized spacial score (nSPS) is 12.9. The molecular weight excluding hydrogens is 403 g/mol. The van der Waals surface area contributed by atoms with E-state index in [0.29, 0.717) is 21.4 Å². The fourth-order valence-corrected chi connectivity index (χ4v) is 4.63. The van der Waals surface area contributed by atoms with Gasteiger partial charge in [-0.1, -0.05) is 29.3 Å². The summed E-state index contributed by atoms with van der Waals surface area (Å²) in [5.41, 5.74) is 17.4. The van der Waals surface area contributed by atoms with Gasteiger partial charge in [0.25, 0.3) is 0 Å². The topological polar surface area (TPSA) is 103 Å². The van der Waals surface area contributed by atoms with E-state index >= 15 is 0 Å². The van der Waals surface area contributed by atoms with Crippen molar-refractivity contribution in [1.82, 2.24) is 15.8 Å². The maximum atomic E-state index is 9.97.